The highest BCUT2D eigenvalue weighted by Crippen LogP contribution is 2.21. The minimum Gasteiger partial charge on any atom is -0.467 e. The Morgan fingerprint density at radius 1 is 1.64 bits per heavy atom. The number of nitrogen functional groups attached to an aromatic ring is 1. The molecule has 1 unspecified atom stereocenters. The summed E-state index contributed by atoms with van der Waals surface area (Å²) in [6, 6.07) is 3.84. The van der Waals surface area contributed by atoms with Gasteiger partial charge in [-0.25, -0.2) is 0 Å². The molecule has 74 valence electrons. The predicted molar refractivity (Wildman–Crippen MR) is 53.7 cm³/mol. The quantitative estimate of drug-likeness (QED) is 0.692. The normalized spacial score (nSPS) is 12.6. The molecule has 0 saturated heterocycles. The molecule has 2 aromatic rings. The van der Waals surface area contributed by atoms with E-state index in [4.69, 9.17) is 10.2 Å². The summed E-state index contributed by atoms with van der Waals surface area (Å²) in [6.45, 7) is 1.99. The van der Waals surface area contributed by atoms with Gasteiger partial charge in [0.15, 0.2) is 0 Å². The van der Waals surface area contributed by atoms with Crippen LogP contribution in [-0.4, -0.2) is 10.2 Å². The molecule has 0 saturated carbocycles. The monoisotopic (exact) mass is 192 g/mol. The second-order valence-electron chi connectivity index (χ2n) is 3.08. The number of hydrogen-bond donors (Lipinski definition) is 3. The van der Waals surface area contributed by atoms with Crippen LogP contribution in [0.15, 0.2) is 29.0 Å². The molecule has 0 fully saturated rings. The van der Waals surface area contributed by atoms with Gasteiger partial charge in [-0.3, -0.25) is 5.10 Å². The summed E-state index contributed by atoms with van der Waals surface area (Å²) in [6.07, 6.45) is 3.29. The second kappa shape index (κ2) is 3.45. The molecule has 0 aliphatic rings. The Morgan fingerprint density at radius 3 is 3.07 bits per heavy atom. The molecular weight excluding hydrogens is 180 g/mol. The zero-order valence-corrected chi connectivity index (χ0v) is 7.82. The Morgan fingerprint density at radius 2 is 2.50 bits per heavy atom. The van der Waals surface area contributed by atoms with Gasteiger partial charge in [0.1, 0.15) is 11.6 Å². The zero-order valence-electron chi connectivity index (χ0n) is 7.82. The lowest BCUT2D eigenvalue weighted by molar-refractivity contribution is 0.490. The molecule has 0 bridgehead atoms. The fraction of sp³-hybridized carbons (Fsp3) is 0.222. The molecular formula is C9H12N4O. The molecule has 0 aromatic carbocycles. The lowest BCUT2D eigenvalue weighted by atomic mass is 10.2. The molecule has 4 N–H and O–H groups in total. The first-order valence-corrected chi connectivity index (χ1v) is 4.36. The molecule has 0 aliphatic heterocycles. The highest BCUT2D eigenvalue weighted by Gasteiger charge is 2.09. The average Bonchev–Trinajstić information content (AvgIpc) is 2.77. The van der Waals surface area contributed by atoms with Crippen molar-refractivity contribution in [1.29, 1.82) is 0 Å². The maximum atomic E-state index is 5.63. The third kappa shape index (κ3) is 1.56. The number of anilines is 2. The average molecular weight is 192 g/mol. The minimum atomic E-state index is 0.0740. The van der Waals surface area contributed by atoms with E-state index in [9.17, 15) is 0 Å². The van der Waals surface area contributed by atoms with E-state index in [1.165, 1.54) is 0 Å². The maximum absolute atomic E-state index is 5.63. The molecule has 2 rings (SSSR count). The van der Waals surface area contributed by atoms with Crippen molar-refractivity contribution in [3.05, 3.63) is 30.4 Å². The largest absolute Gasteiger partial charge is 0.467 e. The van der Waals surface area contributed by atoms with Gasteiger partial charge in [0.25, 0.3) is 0 Å². The van der Waals surface area contributed by atoms with Crippen LogP contribution in [0.25, 0.3) is 0 Å². The molecule has 5 heteroatoms. The molecule has 1 atom stereocenters. The van der Waals surface area contributed by atoms with E-state index in [0.717, 1.165) is 11.4 Å². The Hall–Kier alpha value is -1.91. The highest BCUT2D eigenvalue weighted by molar-refractivity contribution is 5.60. The second-order valence-corrected chi connectivity index (χ2v) is 3.08. The van der Waals surface area contributed by atoms with Gasteiger partial charge in [-0.2, -0.15) is 5.10 Å². The van der Waals surface area contributed by atoms with E-state index in [2.05, 4.69) is 15.5 Å². The van der Waals surface area contributed by atoms with Gasteiger partial charge in [0.2, 0.25) is 0 Å². The smallest absolute Gasteiger partial charge is 0.142 e. The number of furan rings is 1. The molecule has 2 aromatic heterocycles. The van der Waals surface area contributed by atoms with E-state index in [1.807, 2.05) is 19.1 Å². The van der Waals surface area contributed by atoms with Crippen LogP contribution in [0.4, 0.5) is 11.5 Å². The van der Waals surface area contributed by atoms with E-state index in [-0.39, 0.29) is 6.04 Å². The summed E-state index contributed by atoms with van der Waals surface area (Å²) in [5.41, 5.74) is 6.42. The molecule has 2 heterocycles. The van der Waals surface area contributed by atoms with Crippen LogP contribution in [0.2, 0.25) is 0 Å². The first kappa shape index (κ1) is 8.68. The van der Waals surface area contributed by atoms with Crippen molar-refractivity contribution in [2.24, 2.45) is 0 Å². The van der Waals surface area contributed by atoms with Crippen LogP contribution < -0.4 is 11.1 Å². The first-order valence-electron chi connectivity index (χ1n) is 4.36. The summed E-state index contributed by atoms with van der Waals surface area (Å²) in [5, 5.41) is 9.65. The molecule has 0 amide bonds. The summed E-state index contributed by atoms with van der Waals surface area (Å²) >= 11 is 0. The van der Waals surface area contributed by atoms with Crippen LogP contribution in [-0.2, 0) is 0 Å². The number of H-pyrrole nitrogens is 1. The predicted octanol–water partition coefficient (Wildman–Crippen LogP) is 1.76. The highest BCUT2D eigenvalue weighted by atomic mass is 16.3. The Bertz CT molecular complexity index is 393. The lowest BCUT2D eigenvalue weighted by Crippen LogP contribution is -2.06. The van der Waals surface area contributed by atoms with Crippen LogP contribution in [0, 0.1) is 0 Å². The number of nitrogens with one attached hydrogen (secondary N) is 2. The van der Waals surface area contributed by atoms with E-state index in [1.54, 1.807) is 12.5 Å². The lowest BCUT2D eigenvalue weighted by Gasteiger charge is -2.10. The SMILES string of the molecule is CC(Nc1cn[nH]c1N)c1ccco1. The van der Waals surface area contributed by atoms with Crippen molar-refractivity contribution >= 4 is 11.5 Å². The molecule has 0 radical (unpaired) electrons. The van der Waals surface area contributed by atoms with Gasteiger partial charge >= 0.3 is 0 Å². The number of nitrogens with zero attached hydrogens (tertiary/aromatic N) is 1. The van der Waals surface area contributed by atoms with Crippen molar-refractivity contribution in [3.8, 4) is 0 Å². The van der Waals surface area contributed by atoms with Gasteiger partial charge in [-0.05, 0) is 19.1 Å². The first-order chi connectivity index (χ1) is 6.77. The zero-order chi connectivity index (χ0) is 9.97. The van der Waals surface area contributed by atoms with Gasteiger partial charge in [0.05, 0.1) is 24.2 Å². The fourth-order valence-corrected chi connectivity index (χ4v) is 1.25. The summed E-state index contributed by atoms with van der Waals surface area (Å²) in [7, 11) is 0. The Kier molecular flexibility index (Phi) is 2.14. The van der Waals surface area contributed by atoms with E-state index < -0.39 is 0 Å². The van der Waals surface area contributed by atoms with Crippen molar-refractivity contribution in [2.75, 3.05) is 11.1 Å². The number of nitrogens with two attached hydrogens (primary N) is 1. The summed E-state index contributed by atoms with van der Waals surface area (Å²) in [5.74, 6) is 1.40. The summed E-state index contributed by atoms with van der Waals surface area (Å²) in [4.78, 5) is 0. The van der Waals surface area contributed by atoms with Gasteiger partial charge in [0, 0.05) is 0 Å². The third-order valence-corrected chi connectivity index (χ3v) is 2.01. The number of aromatic amines is 1. The fourth-order valence-electron chi connectivity index (χ4n) is 1.25. The molecule has 0 aliphatic carbocycles. The molecule has 0 spiro atoms. The maximum Gasteiger partial charge on any atom is 0.142 e. The number of rotatable bonds is 3. The van der Waals surface area contributed by atoms with Gasteiger partial charge in [-0.1, -0.05) is 0 Å². The van der Waals surface area contributed by atoms with Gasteiger partial charge in [-0.15, -0.1) is 0 Å². The van der Waals surface area contributed by atoms with Crippen LogP contribution in [0.1, 0.15) is 18.7 Å². The number of aromatic nitrogens is 2. The summed E-state index contributed by atoms with van der Waals surface area (Å²) < 4.78 is 5.25. The van der Waals surface area contributed by atoms with E-state index >= 15 is 0 Å². The van der Waals surface area contributed by atoms with Crippen molar-refractivity contribution in [2.45, 2.75) is 13.0 Å². The number of hydrogen-bond acceptors (Lipinski definition) is 4. The van der Waals surface area contributed by atoms with Crippen LogP contribution >= 0.6 is 0 Å². The molecule has 5 nitrogen and oxygen atoms in total. The third-order valence-electron chi connectivity index (χ3n) is 2.01. The van der Waals surface area contributed by atoms with Crippen molar-refractivity contribution < 1.29 is 4.42 Å². The van der Waals surface area contributed by atoms with Crippen LogP contribution in [0.3, 0.4) is 0 Å². The minimum absolute atomic E-state index is 0.0740. The molecule has 14 heavy (non-hydrogen) atoms. The topological polar surface area (TPSA) is 79.9 Å². The Labute approximate surface area is 81.3 Å². The van der Waals surface area contributed by atoms with E-state index in [0.29, 0.717) is 5.82 Å². The van der Waals surface area contributed by atoms with Crippen molar-refractivity contribution in [3.63, 3.8) is 0 Å². The van der Waals surface area contributed by atoms with Crippen LogP contribution in [0.5, 0.6) is 0 Å². The standard InChI is InChI=1S/C9H12N4O/c1-6(8-3-2-4-14-8)12-7-5-11-13-9(7)10/h2-6,12H,1H3,(H3,10,11,13). The van der Waals surface area contributed by atoms with Crippen molar-refractivity contribution in [1.82, 2.24) is 10.2 Å². The van der Waals surface area contributed by atoms with Gasteiger partial charge < -0.3 is 15.5 Å². The Balaban J connectivity index is 2.09.